The first kappa shape index (κ1) is 24.2. The number of aryl methyl sites for hydroxylation is 1. The molecular formula is C28H37N. The van der Waals surface area contributed by atoms with E-state index in [0.29, 0.717) is 0 Å². The van der Waals surface area contributed by atoms with Gasteiger partial charge in [0, 0.05) is 16.5 Å². The van der Waals surface area contributed by atoms with Gasteiger partial charge in [-0.15, -0.1) is 0 Å². The molecule has 0 bridgehead atoms. The van der Waals surface area contributed by atoms with Crippen LogP contribution in [-0.4, -0.2) is 4.57 Å². The summed E-state index contributed by atoms with van der Waals surface area (Å²) in [6, 6.07) is 23.8. The molecule has 4 rings (SSSR count). The van der Waals surface area contributed by atoms with E-state index in [1.54, 1.807) is 0 Å². The molecule has 1 aromatic heterocycles. The second kappa shape index (κ2) is 12.6. The largest absolute Gasteiger partial charge is 0.309 e. The molecule has 0 aliphatic heterocycles. The van der Waals surface area contributed by atoms with E-state index in [1.165, 1.54) is 39.5 Å². The van der Waals surface area contributed by atoms with Crippen LogP contribution in [0.1, 0.15) is 59.1 Å². The van der Waals surface area contributed by atoms with E-state index in [4.69, 9.17) is 0 Å². The van der Waals surface area contributed by atoms with Gasteiger partial charge in [-0.05, 0) is 42.8 Å². The van der Waals surface area contributed by atoms with Crippen molar-refractivity contribution in [2.24, 2.45) is 0 Å². The van der Waals surface area contributed by atoms with Crippen molar-refractivity contribution in [3.63, 3.8) is 0 Å². The Labute approximate surface area is 177 Å². The molecule has 0 radical (unpaired) electrons. The predicted octanol–water partition coefficient (Wildman–Crippen LogP) is 9.20. The minimum Gasteiger partial charge on any atom is -0.309 e. The van der Waals surface area contributed by atoms with E-state index in [1.807, 2.05) is 33.8 Å². The molecule has 3 aromatic carbocycles. The molecule has 0 spiro atoms. The van der Waals surface area contributed by atoms with Gasteiger partial charge in [0.2, 0.25) is 0 Å². The smallest absolute Gasteiger partial charge is 0.0541 e. The summed E-state index contributed by atoms with van der Waals surface area (Å²) in [6.45, 7) is 18.2. The summed E-state index contributed by atoms with van der Waals surface area (Å²) < 4.78 is 2.33. The number of nitrogens with zero attached hydrogens (tertiary/aromatic N) is 1. The number of rotatable bonds is 2. The van der Waals surface area contributed by atoms with Gasteiger partial charge < -0.3 is 4.57 Å². The number of fused-ring (bicyclic) bond motifs is 3. The van der Waals surface area contributed by atoms with E-state index >= 15 is 0 Å². The average molecular weight is 388 g/mol. The monoisotopic (exact) mass is 387 g/mol. The van der Waals surface area contributed by atoms with Gasteiger partial charge in [0.1, 0.15) is 0 Å². The van der Waals surface area contributed by atoms with Crippen molar-refractivity contribution in [3.8, 4) is 5.69 Å². The van der Waals surface area contributed by atoms with Crippen LogP contribution < -0.4 is 0 Å². The standard InChI is InChI=1S/C21H17N.C3H8.2C2H6/c1-3-16-9-11-17(12-10-16)22-20-7-5-4-6-18(20)19-14-15(2)8-13-21(19)22;1-3-2;2*1-2/h3-14H,1H2,2H3;3H2,1-2H3;2*1-2H3. The van der Waals surface area contributed by atoms with Crippen LogP contribution in [0.25, 0.3) is 33.6 Å². The third kappa shape index (κ3) is 5.60. The maximum Gasteiger partial charge on any atom is 0.0541 e. The Morgan fingerprint density at radius 3 is 1.90 bits per heavy atom. The predicted molar refractivity (Wildman–Crippen MR) is 134 cm³/mol. The lowest BCUT2D eigenvalue weighted by molar-refractivity contribution is 1.09. The van der Waals surface area contributed by atoms with E-state index in [9.17, 15) is 0 Å². The molecule has 1 nitrogen and oxygen atoms in total. The molecular weight excluding hydrogens is 350 g/mol. The topological polar surface area (TPSA) is 4.93 Å². The summed E-state index contributed by atoms with van der Waals surface area (Å²) in [5, 5.41) is 2.61. The lowest BCUT2D eigenvalue weighted by atomic mass is 10.1. The van der Waals surface area contributed by atoms with E-state index < -0.39 is 0 Å². The van der Waals surface area contributed by atoms with Crippen LogP contribution in [0.2, 0.25) is 0 Å². The SMILES string of the molecule is C=Cc1ccc(-n2c3ccccc3c3cc(C)ccc32)cc1.CC.CC.CCC. The Bertz CT molecular complexity index is 1000. The maximum absolute atomic E-state index is 3.83. The molecule has 1 heteroatoms. The lowest BCUT2D eigenvalue weighted by Gasteiger charge is -2.08. The summed E-state index contributed by atoms with van der Waals surface area (Å²) in [5.41, 5.74) is 6.10. The molecule has 0 N–H and O–H groups in total. The lowest BCUT2D eigenvalue weighted by Crippen LogP contribution is -1.93. The minimum atomic E-state index is 1.14. The molecule has 0 amide bonds. The summed E-state index contributed by atoms with van der Waals surface area (Å²) in [7, 11) is 0. The van der Waals surface area contributed by atoms with Crippen molar-refractivity contribution in [2.75, 3.05) is 0 Å². The second-order valence-electron chi connectivity index (χ2n) is 6.38. The highest BCUT2D eigenvalue weighted by atomic mass is 15.0. The maximum atomic E-state index is 3.83. The van der Waals surface area contributed by atoms with Crippen molar-refractivity contribution >= 4 is 27.9 Å². The zero-order valence-electron chi connectivity index (χ0n) is 19.3. The molecule has 0 saturated heterocycles. The Balaban J connectivity index is 0.000000540. The van der Waals surface area contributed by atoms with Gasteiger partial charge in [-0.2, -0.15) is 0 Å². The van der Waals surface area contributed by atoms with E-state index in [0.717, 1.165) is 5.56 Å². The quantitative estimate of drug-likeness (QED) is 0.323. The van der Waals surface area contributed by atoms with Crippen LogP contribution in [-0.2, 0) is 0 Å². The van der Waals surface area contributed by atoms with Gasteiger partial charge in [-0.3, -0.25) is 0 Å². The molecule has 1 heterocycles. The van der Waals surface area contributed by atoms with Gasteiger partial charge in [-0.25, -0.2) is 0 Å². The summed E-state index contributed by atoms with van der Waals surface area (Å²) in [6.07, 6.45) is 3.12. The normalized spacial score (nSPS) is 9.48. The average Bonchev–Trinajstić information content (AvgIpc) is 3.11. The third-order valence-electron chi connectivity index (χ3n) is 4.22. The van der Waals surface area contributed by atoms with Crippen LogP contribution in [0, 0.1) is 6.92 Å². The second-order valence-corrected chi connectivity index (χ2v) is 6.38. The van der Waals surface area contributed by atoms with Crippen LogP contribution in [0.5, 0.6) is 0 Å². The Hall–Kier alpha value is -2.80. The zero-order valence-corrected chi connectivity index (χ0v) is 19.3. The van der Waals surface area contributed by atoms with E-state index in [-0.39, 0.29) is 0 Å². The molecule has 29 heavy (non-hydrogen) atoms. The van der Waals surface area contributed by atoms with Crippen molar-refractivity contribution in [1.82, 2.24) is 4.57 Å². The number of aromatic nitrogens is 1. The highest BCUT2D eigenvalue weighted by molar-refractivity contribution is 6.09. The number of hydrogen-bond acceptors (Lipinski definition) is 0. The van der Waals surface area contributed by atoms with Crippen LogP contribution >= 0.6 is 0 Å². The van der Waals surface area contributed by atoms with Crippen molar-refractivity contribution in [1.29, 1.82) is 0 Å². The van der Waals surface area contributed by atoms with Crippen molar-refractivity contribution < 1.29 is 0 Å². The summed E-state index contributed by atoms with van der Waals surface area (Å²) in [5.74, 6) is 0. The minimum absolute atomic E-state index is 1.14. The Morgan fingerprint density at radius 1 is 0.759 bits per heavy atom. The fraction of sp³-hybridized carbons (Fsp3) is 0.286. The number of para-hydroxylation sites is 1. The van der Waals surface area contributed by atoms with Crippen molar-refractivity contribution in [2.45, 2.75) is 54.9 Å². The highest BCUT2D eigenvalue weighted by Crippen LogP contribution is 2.32. The molecule has 154 valence electrons. The summed E-state index contributed by atoms with van der Waals surface area (Å²) in [4.78, 5) is 0. The molecule has 0 unspecified atom stereocenters. The van der Waals surface area contributed by atoms with Gasteiger partial charge in [0.15, 0.2) is 0 Å². The summed E-state index contributed by atoms with van der Waals surface area (Å²) >= 11 is 0. The van der Waals surface area contributed by atoms with Crippen molar-refractivity contribution in [3.05, 3.63) is 84.4 Å². The molecule has 0 saturated carbocycles. The molecule has 0 aliphatic carbocycles. The van der Waals surface area contributed by atoms with E-state index in [2.05, 4.69) is 98.6 Å². The first-order valence-electron chi connectivity index (χ1n) is 10.9. The number of benzene rings is 3. The molecule has 0 aliphatic rings. The first-order valence-corrected chi connectivity index (χ1v) is 10.9. The van der Waals surface area contributed by atoms with Gasteiger partial charge in [0.25, 0.3) is 0 Å². The van der Waals surface area contributed by atoms with Crippen LogP contribution in [0.3, 0.4) is 0 Å². The molecule has 0 fully saturated rings. The third-order valence-corrected chi connectivity index (χ3v) is 4.22. The van der Waals surface area contributed by atoms with Crippen LogP contribution in [0.4, 0.5) is 0 Å². The van der Waals surface area contributed by atoms with Gasteiger partial charge >= 0.3 is 0 Å². The molecule has 0 atom stereocenters. The highest BCUT2D eigenvalue weighted by Gasteiger charge is 2.11. The fourth-order valence-electron chi connectivity index (χ4n) is 3.12. The Morgan fingerprint density at radius 2 is 1.31 bits per heavy atom. The molecule has 4 aromatic rings. The van der Waals surface area contributed by atoms with Gasteiger partial charge in [0.05, 0.1) is 11.0 Å². The Kier molecular flexibility index (Phi) is 10.5. The first-order chi connectivity index (χ1) is 14.2. The number of hydrogen-bond donors (Lipinski definition) is 0. The van der Waals surface area contributed by atoms with Crippen LogP contribution in [0.15, 0.2) is 73.3 Å². The zero-order chi connectivity index (χ0) is 21.8. The van der Waals surface area contributed by atoms with Gasteiger partial charge in [-0.1, -0.05) is 103 Å². The fourth-order valence-corrected chi connectivity index (χ4v) is 3.12.